The molecule has 6 heteroatoms. The molecule has 0 aliphatic heterocycles. The van der Waals surface area contributed by atoms with Crippen molar-refractivity contribution in [2.45, 2.75) is 33.2 Å². The number of rotatable bonds is 4. The molecule has 2 rings (SSSR count). The zero-order chi connectivity index (χ0) is 14.0. The number of anilines is 1. The number of nitrogens with zero attached hydrogens (tertiary/aromatic N) is 4. The second-order valence-corrected chi connectivity index (χ2v) is 4.73. The molecule has 1 unspecified atom stereocenters. The van der Waals surface area contributed by atoms with Crippen molar-refractivity contribution in [3.05, 3.63) is 24.3 Å². The van der Waals surface area contributed by atoms with Gasteiger partial charge in [0.2, 0.25) is 0 Å². The lowest BCUT2D eigenvalue weighted by molar-refractivity contribution is -0.119. The Balaban J connectivity index is 2.48. The summed E-state index contributed by atoms with van der Waals surface area (Å²) in [5.41, 5.74) is 8.04. The van der Waals surface area contributed by atoms with E-state index < -0.39 is 0 Å². The van der Waals surface area contributed by atoms with E-state index in [-0.39, 0.29) is 11.8 Å². The standard InChI is InChI=1S/C13H17N5O/c1-8(2)4-5-10(9(3)19)18-7-17-11-12(14)15-6-16-13(11)18/h4,6-7,10H,5H2,1-3H3,(H2,14,15,16). The molecule has 0 fully saturated rings. The molecule has 2 aromatic rings. The van der Waals surface area contributed by atoms with Gasteiger partial charge in [0.05, 0.1) is 12.4 Å². The van der Waals surface area contributed by atoms with Crippen LogP contribution < -0.4 is 5.73 Å². The topological polar surface area (TPSA) is 86.7 Å². The predicted molar refractivity (Wildman–Crippen MR) is 73.5 cm³/mol. The van der Waals surface area contributed by atoms with Crippen molar-refractivity contribution in [3.63, 3.8) is 0 Å². The highest BCUT2D eigenvalue weighted by Gasteiger charge is 2.19. The maximum absolute atomic E-state index is 11.8. The molecule has 2 heterocycles. The lowest BCUT2D eigenvalue weighted by Gasteiger charge is -2.14. The van der Waals surface area contributed by atoms with Crippen molar-refractivity contribution in [3.8, 4) is 0 Å². The van der Waals surface area contributed by atoms with Gasteiger partial charge in [0.15, 0.2) is 17.2 Å². The van der Waals surface area contributed by atoms with Crippen molar-refractivity contribution >= 4 is 22.8 Å². The SMILES string of the molecule is CC(=O)C(CC=C(C)C)n1cnc2c(N)ncnc21. The molecule has 0 saturated carbocycles. The summed E-state index contributed by atoms with van der Waals surface area (Å²) in [4.78, 5) is 24.1. The van der Waals surface area contributed by atoms with Gasteiger partial charge in [-0.2, -0.15) is 0 Å². The molecule has 100 valence electrons. The molecule has 6 nitrogen and oxygen atoms in total. The summed E-state index contributed by atoms with van der Waals surface area (Å²) >= 11 is 0. The Morgan fingerprint density at radius 2 is 2.11 bits per heavy atom. The third kappa shape index (κ3) is 2.62. The Morgan fingerprint density at radius 1 is 1.37 bits per heavy atom. The zero-order valence-corrected chi connectivity index (χ0v) is 11.3. The number of nitrogen functional groups attached to an aromatic ring is 1. The molecule has 0 amide bonds. The summed E-state index contributed by atoms with van der Waals surface area (Å²) in [6.07, 6.45) is 5.63. The van der Waals surface area contributed by atoms with Gasteiger partial charge in [0.1, 0.15) is 11.8 Å². The second-order valence-electron chi connectivity index (χ2n) is 4.73. The summed E-state index contributed by atoms with van der Waals surface area (Å²) in [5.74, 6) is 0.391. The van der Waals surface area contributed by atoms with E-state index in [1.54, 1.807) is 17.8 Å². The fraction of sp³-hybridized carbons (Fsp3) is 0.385. The van der Waals surface area contributed by atoms with Crippen molar-refractivity contribution in [2.24, 2.45) is 0 Å². The molecular formula is C13H17N5O. The first-order valence-electron chi connectivity index (χ1n) is 6.07. The van der Waals surface area contributed by atoms with Gasteiger partial charge in [-0.3, -0.25) is 4.79 Å². The summed E-state index contributed by atoms with van der Waals surface area (Å²) in [6, 6.07) is -0.311. The van der Waals surface area contributed by atoms with Crippen molar-refractivity contribution in [2.75, 3.05) is 5.73 Å². The predicted octanol–water partition coefficient (Wildman–Crippen LogP) is 1.89. The van der Waals surface area contributed by atoms with Crippen LogP contribution in [-0.2, 0) is 4.79 Å². The molecule has 0 aromatic carbocycles. The molecule has 0 saturated heterocycles. The Morgan fingerprint density at radius 3 is 2.74 bits per heavy atom. The number of aromatic nitrogens is 4. The molecule has 0 spiro atoms. The summed E-state index contributed by atoms with van der Waals surface area (Å²) in [7, 11) is 0. The zero-order valence-electron chi connectivity index (χ0n) is 11.3. The van der Waals surface area contributed by atoms with Gasteiger partial charge in [0, 0.05) is 0 Å². The van der Waals surface area contributed by atoms with Crippen LogP contribution >= 0.6 is 0 Å². The lowest BCUT2D eigenvalue weighted by atomic mass is 10.1. The highest BCUT2D eigenvalue weighted by atomic mass is 16.1. The Labute approximate surface area is 111 Å². The van der Waals surface area contributed by atoms with Gasteiger partial charge in [-0.1, -0.05) is 11.6 Å². The van der Waals surface area contributed by atoms with Gasteiger partial charge < -0.3 is 10.3 Å². The summed E-state index contributed by atoms with van der Waals surface area (Å²) < 4.78 is 1.76. The molecule has 0 aliphatic carbocycles. The highest BCUT2D eigenvalue weighted by Crippen LogP contribution is 2.22. The van der Waals surface area contributed by atoms with Gasteiger partial charge in [-0.15, -0.1) is 0 Å². The minimum absolute atomic E-state index is 0.0639. The van der Waals surface area contributed by atoms with Crippen LogP contribution in [0.1, 0.15) is 33.2 Å². The van der Waals surface area contributed by atoms with E-state index in [0.29, 0.717) is 23.4 Å². The number of nitrogens with two attached hydrogens (primary N) is 1. The summed E-state index contributed by atoms with van der Waals surface area (Å²) in [6.45, 7) is 5.58. The van der Waals surface area contributed by atoms with Gasteiger partial charge in [-0.25, -0.2) is 15.0 Å². The van der Waals surface area contributed by atoms with Gasteiger partial charge in [-0.05, 0) is 27.2 Å². The molecule has 0 radical (unpaired) electrons. The van der Waals surface area contributed by atoms with E-state index in [1.807, 2.05) is 19.9 Å². The fourth-order valence-electron chi connectivity index (χ4n) is 1.92. The number of allylic oxidation sites excluding steroid dienone is 2. The van der Waals surface area contributed by atoms with Gasteiger partial charge in [0.25, 0.3) is 0 Å². The van der Waals surface area contributed by atoms with Crippen LogP contribution in [0.3, 0.4) is 0 Å². The number of carbonyl (C=O) groups is 1. The average Bonchev–Trinajstić information content (AvgIpc) is 2.74. The first-order chi connectivity index (χ1) is 9.00. The smallest absolute Gasteiger partial charge is 0.166 e. The maximum Gasteiger partial charge on any atom is 0.166 e. The number of hydrogen-bond acceptors (Lipinski definition) is 5. The molecule has 2 N–H and O–H groups in total. The van der Waals surface area contributed by atoms with E-state index in [4.69, 9.17) is 5.73 Å². The minimum Gasteiger partial charge on any atom is -0.382 e. The van der Waals surface area contributed by atoms with E-state index in [1.165, 1.54) is 11.9 Å². The third-order valence-corrected chi connectivity index (χ3v) is 2.94. The second kappa shape index (κ2) is 5.17. The van der Waals surface area contributed by atoms with Crippen LogP contribution in [0.15, 0.2) is 24.3 Å². The third-order valence-electron chi connectivity index (χ3n) is 2.94. The summed E-state index contributed by atoms with van der Waals surface area (Å²) in [5, 5.41) is 0. The normalized spacial score (nSPS) is 12.4. The van der Waals surface area contributed by atoms with Crippen molar-refractivity contribution in [1.29, 1.82) is 0 Å². The lowest BCUT2D eigenvalue weighted by Crippen LogP contribution is -2.16. The van der Waals surface area contributed by atoms with Crippen LogP contribution in [0.5, 0.6) is 0 Å². The number of hydrogen-bond donors (Lipinski definition) is 1. The van der Waals surface area contributed by atoms with E-state index in [9.17, 15) is 4.79 Å². The Kier molecular flexibility index (Phi) is 3.59. The largest absolute Gasteiger partial charge is 0.382 e. The molecular weight excluding hydrogens is 242 g/mol. The van der Waals surface area contributed by atoms with E-state index in [2.05, 4.69) is 15.0 Å². The maximum atomic E-state index is 11.8. The Bertz CT molecular complexity index is 640. The number of fused-ring (bicyclic) bond motifs is 1. The molecule has 0 bridgehead atoms. The van der Waals surface area contributed by atoms with Crippen LogP contribution in [-0.4, -0.2) is 25.3 Å². The molecule has 2 aromatic heterocycles. The number of imidazole rings is 1. The molecule has 19 heavy (non-hydrogen) atoms. The van der Waals surface area contributed by atoms with Crippen molar-refractivity contribution in [1.82, 2.24) is 19.5 Å². The van der Waals surface area contributed by atoms with Crippen LogP contribution in [0.25, 0.3) is 11.2 Å². The number of carbonyl (C=O) groups excluding carboxylic acids is 1. The monoisotopic (exact) mass is 259 g/mol. The highest BCUT2D eigenvalue weighted by molar-refractivity contribution is 5.85. The first-order valence-corrected chi connectivity index (χ1v) is 6.07. The van der Waals surface area contributed by atoms with Crippen LogP contribution in [0.2, 0.25) is 0 Å². The van der Waals surface area contributed by atoms with Crippen molar-refractivity contribution < 1.29 is 4.79 Å². The van der Waals surface area contributed by atoms with E-state index in [0.717, 1.165) is 0 Å². The Hall–Kier alpha value is -2.24. The molecule has 0 aliphatic rings. The quantitative estimate of drug-likeness (QED) is 0.847. The van der Waals surface area contributed by atoms with Crippen LogP contribution in [0, 0.1) is 0 Å². The van der Waals surface area contributed by atoms with Gasteiger partial charge >= 0.3 is 0 Å². The fourth-order valence-corrected chi connectivity index (χ4v) is 1.92. The average molecular weight is 259 g/mol. The number of Topliss-reactive ketones (excluding diaryl/α,β-unsaturated/α-hetero) is 1. The van der Waals surface area contributed by atoms with Crippen LogP contribution in [0.4, 0.5) is 5.82 Å². The number of ketones is 1. The minimum atomic E-state index is -0.311. The van der Waals surface area contributed by atoms with E-state index >= 15 is 0 Å². The first kappa shape index (κ1) is 13.2. The molecule has 1 atom stereocenters.